The third-order valence-electron chi connectivity index (χ3n) is 4.01. The van der Waals surface area contributed by atoms with E-state index < -0.39 is 13.0 Å². The number of rotatable bonds is 5. The number of halogens is 2. The minimum atomic E-state index is -2.50. The van der Waals surface area contributed by atoms with Gasteiger partial charge in [-0.05, 0) is 30.9 Å². The highest BCUT2D eigenvalue weighted by atomic mass is 19.3. The van der Waals surface area contributed by atoms with Gasteiger partial charge >= 0.3 is 0 Å². The van der Waals surface area contributed by atoms with Crippen molar-refractivity contribution in [2.75, 3.05) is 24.5 Å². The van der Waals surface area contributed by atoms with Crippen molar-refractivity contribution in [3.63, 3.8) is 0 Å². The van der Waals surface area contributed by atoms with E-state index in [2.05, 4.69) is 25.5 Å². The van der Waals surface area contributed by atoms with Crippen LogP contribution < -0.4 is 10.2 Å². The smallest absolute Gasteiger partial charge is 0.255 e. The first kappa shape index (κ1) is 15.6. The average Bonchev–Trinajstić information content (AvgIpc) is 3.01. The summed E-state index contributed by atoms with van der Waals surface area (Å²) in [6.07, 6.45) is 1.03. The Hall–Kier alpha value is -2.32. The van der Waals surface area contributed by atoms with Crippen LogP contribution in [0.3, 0.4) is 0 Å². The number of hydrogen-bond acceptors (Lipinski definition) is 5. The molecule has 3 heterocycles. The van der Waals surface area contributed by atoms with Crippen molar-refractivity contribution in [1.29, 1.82) is 0 Å². The Balaban J connectivity index is 1.50. The highest BCUT2D eigenvalue weighted by Crippen LogP contribution is 2.24. The Kier molecular flexibility index (Phi) is 4.63. The van der Waals surface area contributed by atoms with Crippen LogP contribution in [-0.4, -0.2) is 51.8 Å². The van der Waals surface area contributed by atoms with E-state index in [1.807, 2.05) is 12.1 Å². The minimum absolute atomic E-state index is 0.225. The Morgan fingerprint density at radius 3 is 2.87 bits per heavy atom. The van der Waals surface area contributed by atoms with Crippen LogP contribution in [-0.2, 0) is 4.79 Å². The zero-order valence-corrected chi connectivity index (χ0v) is 12.5. The molecule has 1 N–H and O–H groups in total. The molecule has 124 valence electrons. The average molecular weight is 324 g/mol. The van der Waals surface area contributed by atoms with Crippen molar-refractivity contribution in [3.05, 3.63) is 18.5 Å². The van der Waals surface area contributed by atoms with Gasteiger partial charge in [-0.2, -0.15) is 4.52 Å². The molecule has 0 bridgehead atoms. The SMILES string of the molecule is O=C(CC1CCN(c2ccc3nncn3n2)CC1)NCC(F)F. The molecule has 0 radical (unpaired) electrons. The maximum Gasteiger partial charge on any atom is 0.255 e. The Bertz CT molecular complexity index is 668. The fraction of sp³-hybridized carbons (Fsp3) is 0.571. The summed E-state index contributed by atoms with van der Waals surface area (Å²) >= 11 is 0. The monoisotopic (exact) mass is 324 g/mol. The van der Waals surface area contributed by atoms with Gasteiger partial charge in [0.05, 0.1) is 6.54 Å². The largest absolute Gasteiger partial charge is 0.355 e. The number of alkyl halides is 2. The van der Waals surface area contributed by atoms with Gasteiger partial charge in [-0.25, -0.2) is 8.78 Å². The molecule has 2 aromatic rings. The number of nitrogens with one attached hydrogen (secondary N) is 1. The summed E-state index contributed by atoms with van der Waals surface area (Å²) in [5.74, 6) is 0.772. The van der Waals surface area contributed by atoms with Crippen LogP contribution >= 0.6 is 0 Å². The van der Waals surface area contributed by atoms with Crippen molar-refractivity contribution >= 4 is 17.4 Å². The van der Waals surface area contributed by atoms with Gasteiger partial charge in [-0.15, -0.1) is 15.3 Å². The molecule has 0 aliphatic carbocycles. The number of carbonyl (C=O) groups excluding carboxylic acids is 1. The molecule has 0 saturated carbocycles. The maximum absolute atomic E-state index is 12.1. The normalized spacial score (nSPS) is 16.2. The van der Waals surface area contributed by atoms with Crippen molar-refractivity contribution < 1.29 is 13.6 Å². The van der Waals surface area contributed by atoms with Crippen LogP contribution in [0.1, 0.15) is 19.3 Å². The van der Waals surface area contributed by atoms with Gasteiger partial charge in [-0.3, -0.25) is 4.79 Å². The highest BCUT2D eigenvalue weighted by molar-refractivity contribution is 5.76. The molecule has 0 unspecified atom stereocenters. The van der Waals surface area contributed by atoms with E-state index in [-0.39, 0.29) is 11.8 Å². The third kappa shape index (κ3) is 3.91. The summed E-state index contributed by atoms with van der Waals surface area (Å²) in [7, 11) is 0. The van der Waals surface area contributed by atoms with E-state index in [9.17, 15) is 13.6 Å². The second-order valence-electron chi connectivity index (χ2n) is 5.65. The number of carbonyl (C=O) groups is 1. The van der Waals surface area contributed by atoms with Crippen LogP contribution in [0, 0.1) is 5.92 Å². The molecule has 0 spiro atoms. The zero-order chi connectivity index (χ0) is 16.2. The predicted octanol–water partition coefficient (Wildman–Crippen LogP) is 1.11. The fourth-order valence-electron chi connectivity index (χ4n) is 2.78. The highest BCUT2D eigenvalue weighted by Gasteiger charge is 2.22. The third-order valence-corrected chi connectivity index (χ3v) is 4.01. The van der Waals surface area contributed by atoms with Gasteiger partial charge in [-0.1, -0.05) is 0 Å². The Morgan fingerprint density at radius 1 is 1.35 bits per heavy atom. The lowest BCUT2D eigenvalue weighted by Gasteiger charge is -2.32. The van der Waals surface area contributed by atoms with Crippen LogP contribution in [0.4, 0.5) is 14.6 Å². The second kappa shape index (κ2) is 6.84. The van der Waals surface area contributed by atoms with Crippen LogP contribution in [0.2, 0.25) is 0 Å². The topological polar surface area (TPSA) is 75.4 Å². The summed E-state index contributed by atoms with van der Waals surface area (Å²) in [6, 6.07) is 3.76. The predicted molar refractivity (Wildman–Crippen MR) is 79.3 cm³/mol. The quantitative estimate of drug-likeness (QED) is 0.892. The van der Waals surface area contributed by atoms with E-state index in [0.717, 1.165) is 31.7 Å². The molecule has 1 amide bonds. The van der Waals surface area contributed by atoms with E-state index in [1.54, 1.807) is 10.8 Å². The summed E-state index contributed by atoms with van der Waals surface area (Å²) in [4.78, 5) is 13.7. The molecule has 1 fully saturated rings. The van der Waals surface area contributed by atoms with E-state index >= 15 is 0 Å². The molecule has 0 aromatic carbocycles. The number of amides is 1. The molecule has 1 saturated heterocycles. The van der Waals surface area contributed by atoms with Gasteiger partial charge in [0.1, 0.15) is 12.1 Å². The molecule has 2 aromatic heterocycles. The molecule has 1 aliphatic heterocycles. The number of piperidine rings is 1. The molecule has 7 nitrogen and oxygen atoms in total. The lowest BCUT2D eigenvalue weighted by Crippen LogP contribution is -2.37. The van der Waals surface area contributed by atoms with Crippen LogP contribution in [0.15, 0.2) is 18.5 Å². The Labute approximate surface area is 131 Å². The van der Waals surface area contributed by atoms with E-state index in [0.29, 0.717) is 12.1 Å². The summed E-state index contributed by atoms with van der Waals surface area (Å²) in [5, 5.41) is 14.4. The molecule has 1 aliphatic rings. The first-order valence-electron chi connectivity index (χ1n) is 7.58. The Morgan fingerprint density at radius 2 is 2.13 bits per heavy atom. The van der Waals surface area contributed by atoms with Gasteiger partial charge in [0, 0.05) is 19.5 Å². The molecule has 3 rings (SSSR count). The first-order chi connectivity index (χ1) is 11.1. The van der Waals surface area contributed by atoms with Crippen molar-refractivity contribution in [2.45, 2.75) is 25.7 Å². The number of anilines is 1. The van der Waals surface area contributed by atoms with Crippen molar-refractivity contribution in [1.82, 2.24) is 25.1 Å². The lowest BCUT2D eigenvalue weighted by molar-refractivity contribution is -0.122. The summed E-state index contributed by atoms with van der Waals surface area (Å²) in [6.45, 7) is 1.00. The number of aromatic nitrogens is 4. The molecule has 0 atom stereocenters. The lowest BCUT2D eigenvalue weighted by atomic mass is 9.93. The second-order valence-corrected chi connectivity index (χ2v) is 5.65. The van der Waals surface area contributed by atoms with E-state index in [4.69, 9.17) is 0 Å². The molecule has 9 heteroatoms. The van der Waals surface area contributed by atoms with Gasteiger partial charge < -0.3 is 10.2 Å². The van der Waals surface area contributed by atoms with Gasteiger partial charge in [0.15, 0.2) is 5.65 Å². The molecular formula is C14H18F2N6O. The fourth-order valence-corrected chi connectivity index (χ4v) is 2.78. The molecular weight excluding hydrogens is 306 g/mol. The first-order valence-corrected chi connectivity index (χ1v) is 7.58. The zero-order valence-electron chi connectivity index (χ0n) is 12.5. The molecule has 23 heavy (non-hydrogen) atoms. The van der Waals surface area contributed by atoms with Gasteiger partial charge in [0.2, 0.25) is 5.91 Å². The van der Waals surface area contributed by atoms with Crippen molar-refractivity contribution in [3.8, 4) is 0 Å². The number of hydrogen-bond donors (Lipinski definition) is 1. The number of nitrogens with zero attached hydrogens (tertiary/aromatic N) is 5. The van der Waals surface area contributed by atoms with Gasteiger partial charge in [0.25, 0.3) is 6.43 Å². The number of fused-ring (bicyclic) bond motifs is 1. The van der Waals surface area contributed by atoms with E-state index in [1.165, 1.54) is 0 Å². The van der Waals surface area contributed by atoms with Crippen molar-refractivity contribution in [2.24, 2.45) is 5.92 Å². The van der Waals surface area contributed by atoms with Crippen LogP contribution in [0.5, 0.6) is 0 Å². The summed E-state index contributed by atoms with van der Waals surface area (Å²) < 4.78 is 25.7. The minimum Gasteiger partial charge on any atom is -0.355 e. The standard InChI is InChI=1S/C14H18F2N6O/c15-11(16)8-17-14(23)7-10-3-5-21(6-4-10)13-2-1-12-19-18-9-22(12)20-13/h1-2,9-11H,3-8H2,(H,17,23). The maximum atomic E-state index is 12.1. The summed E-state index contributed by atoms with van der Waals surface area (Å²) in [5.41, 5.74) is 0.694. The van der Waals surface area contributed by atoms with Crippen LogP contribution in [0.25, 0.3) is 5.65 Å².